The molecule has 18 heavy (non-hydrogen) atoms. The zero-order valence-electron chi connectivity index (χ0n) is 10.8. The van der Waals surface area contributed by atoms with Gasteiger partial charge in [-0.1, -0.05) is 11.6 Å². The minimum Gasteiger partial charge on any atom is -0.496 e. The van der Waals surface area contributed by atoms with Gasteiger partial charge in [-0.25, -0.2) is 4.39 Å². The molecule has 0 aliphatic heterocycles. The molecule has 0 aliphatic carbocycles. The highest BCUT2D eigenvalue weighted by atomic mass is 35.5. The maximum atomic E-state index is 13.6. The second-order valence-corrected chi connectivity index (χ2v) is 5.24. The first-order chi connectivity index (χ1) is 8.20. The summed E-state index contributed by atoms with van der Waals surface area (Å²) in [5.74, 6) is -1.09. The van der Waals surface area contributed by atoms with Crippen molar-refractivity contribution < 1.29 is 19.0 Å². The molecule has 0 saturated carbocycles. The summed E-state index contributed by atoms with van der Waals surface area (Å²) >= 11 is 5.91. The van der Waals surface area contributed by atoms with Crippen molar-refractivity contribution in [3.8, 4) is 5.75 Å². The molecule has 5 heteroatoms. The molecule has 0 fully saturated rings. The van der Waals surface area contributed by atoms with Crippen LogP contribution in [-0.4, -0.2) is 18.2 Å². The maximum Gasteiger partial charge on any atom is 0.309 e. The van der Waals surface area contributed by atoms with E-state index in [1.54, 1.807) is 20.8 Å². The second-order valence-electron chi connectivity index (χ2n) is 4.87. The van der Waals surface area contributed by atoms with Gasteiger partial charge in [0, 0.05) is 5.56 Å². The molecule has 0 aliphatic rings. The average molecular weight is 275 g/mol. The molecule has 0 saturated heterocycles. The SMILES string of the molecule is COc1c(C)cc(F)c(Cl)c1CC(C)(C)C(=O)O. The second kappa shape index (κ2) is 5.14. The number of benzene rings is 1. The molecule has 0 amide bonds. The number of carboxylic acids is 1. The number of aliphatic carboxylic acids is 1. The largest absolute Gasteiger partial charge is 0.496 e. The van der Waals surface area contributed by atoms with Gasteiger partial charge < -0.3 is 9.84 Å². The third kappa shape index (κ3) is 2.75. The highest BCUT2D eigenvalue weighted by Crippen LogP contribution is 2.37. The molecule has 1 aromatic rings. The molecule has 3 nitrogen and oxygen atoms in total. The molecule has 0 heterocycles. The van der Waals surface area contributed by atoms with Gasteiger partial charge in [-0.2, -0.15) is 0 Å². The molecule has 1 aromatic carbocycles. The standard InChI is InChI=1S/C13H16ClFO3/c1-7-5-9(15)10(14)8(11(7)18-4)6-13(2,3)12(16)17/h5H,6H2,1-4H3,(H,16,17). The highest BCUT2D eigenvalue weighted by Gasteiger charge is 2.31. The van der Waals surface area contributed by atoms with Crippen LogP contribution < -0.4 is 4.74 Å². The van der Waals surface area contributed by atoms with Gasteiger partial charge in [-0.05, 0) is 38.8 Å². The Morgan fingerprint density at radius 1 is 1.56 bits per heavy atom. The van der Waals surface area contributed by atoms with Crippen LogP contribution in [0.15, 0.2) is 6.07 Å². The first-order valence-corrected chi connectivity index (χ1v) is 5.83. The molecular weight excluding hydrogens is 259 g/mol. The number of carbonyl (C=O) groups is 1. The number of carboxylic acid groups (broad SMARTS) is 1. The fourth-order valence-corrected chi connectivity index (χ4v) is 1.97. The van der Waals surface area contributed by atoms with Gasteiger partial charge in [0.15, 0.2) is 0 Å². The van der Waals surface area contributed by atoms with Crippen LogP contribution in [0.2, 0.25) is 5.02 Å². The summed E-state index contributed by atoms with van der Waals surface area (Å²) in [7, 11) is 1.45. The van der Waals surface area contributed by atoms with Crippen LogP contribution in [0.4, 0.5) is 4.39 Å². The van der Waals surface area contributed by atoms with E-state index >= 15 is 0 Å². The molecule has 1 N–H and O–H groups in total. The van der Waals surface area contributed by atoms with E-state index in [1.165, 1.54) is 13.2 Å². The Balaban J connectivity index is 3.35. The van der Waals surface area contributed by atoms with Crippen LogP contribution in [-0.2, 0) is 11.2 Å². The number of halogens is 2. The van der Waals surface area contributed by atoms with Gasteiger partial charge in [-0.3, -0.25) is 4.79 Å². The van der Waals surface area contributed by atoms with Crippen LogP contribution in [0.1, 0.15) is 25.0 Å². The Kier molecular flexibility index (Phi) is 4.22. The van der Waals surface area contributed by atoms with Crippen molar-refractivity contribution in [3.05, 3.63) is 28.0 Å². The molecule has 0 radical (unpaired) electrons. The van der Waals surface area contributed by atoms with Gasteiger partial charge in [0.05, 0.1) is 17.5 Å². The van der Waals surface area contributed by atoms with Crippen molar-refractivity contribution in [2.24, 2.45) is 5.41 Å². The van der Waals surface area contributed by atoms with Crippen molar-refractivity contribution in [1.82, 2.24) is 0 Å². The summed E-state index contributed by atoms with van der Waals surface area (Å²) < 4.78 is 18.8. The highest BCUT2D eigenvalue weighted by molar-refractivity contribution is 6.31. The lowest BCUT2D eigenvalue weighted by molar-refractivity contribution is -0.146. The van der Waals surface area contributed by atoms with E-state index < -0.39 is 17.2 Å². The van der Waals surface area contributed by atoms with Gasteiger partial charge in [0.2, 0.25) is 0 Å². The molecule has 100 valence electrons. The van der Waals surface area contributed by atoms with Crippen molar-refractivity contribution in [2.75, 3.05) is 7.11 Å². The van der Waals surface area contributed by atoms with E-state index in [4.69, 9.17) is 21.4 Å². The molecular formula is C13H16ClFO3. The third-order valence-corrected chi connectivity index (χ3v) is 3.26. The lowest BCUT2D eigenvalue weighted by atomic mass is 9.85. The molecule has 0 bridgehead atoms. The van der Waals surface area contributed by atoms with Gasteiger partial charge in [-0.15, -0.1) is 0 Å². The van der Waals surface area contributed by atoms with Gasteiger partial charge >= 0.3 is 5.97 Å². The number of ether oxygens (including phenoxy) is 1. The number of aryl methyl sites for hydroxylation is 1. The Bertz CT molecular complexity index is 484. The number of hydrogen-bond donors (Lipinski definition) is 1. The molecule has 1 rings (SSSR count). The zero-order chi connectivity index (χ0) is 14.1. The number of hydrogen-bond acceptors (Lipinski definition) is 2. The van der Waals surface area contributed by atoms with Crippen LogP contribution >= 0.6 is 11.6 Å². The first kappa shape index (κ1) is 14.8. The fraction of sp³-hybridized carbons (Fsp3) is 0.462. The summed E-state index contributed by atoms with van der Waals surface area (Å²) in [5, 5.41) is 9.04. The van der Waals surface area contributed by atoms with Crippen molar-refractivity contribution in [2.45, 2.75) is 27.2 Å². The lowest BCUT2D eigenvalue weighted by Crippen LogP contribution is -2.26. The minimum atomic E-state index is -1.04. The lowest BCUT2D eigenvalue weighted by Gasteiger charge is -2.22. The topological polar surface area (TPSA) is 46.5 Å². The van der Waals surface area contributed by atoms with Crippen LogP contribution in [0, 0.1) is 18.2 Å². The Morgan fingerprint density at radius 3 is 2.56 bits per heavy atom. The Morgan fingerprint density at radius 2 is 2.11 bits per heavy atom. The Hall–Kier alpha value is -1.29. The number of rotatable bonds is 4. The summed E-state index contributed by atoms with van der Waals surface area (Å²) in [4.78, 5) is 11.1. The summed E-state index contributed by atoms with van der Waals surface area (Å²) in [5.41, 5.74) is -0.0587. The molecule has 0 atom stereocenters. The quantitative estimate of drug-likeness (QED) is 0.915. The van der Waals surface area contributed by atoms with Gasteiger partial charge in [0.1, 0.15) is 11.6 Å². The summed E-state index contributed by atoms with van der Waals surface area (Å²) in [6.07, 6.45) is 0.100. The minimum absolute atomic E-state index is 0.0771. The van der Waals surface area contributed by atoms with E-state index in [0.29, 0.717) is 16.9 Å². The molecule has 0 aromatic heterocycles. The molecule has 0 unspecified atom stereocenters. The number of methoxy groups -OCH3 is 1. The van der Waals surface area contributed by atoms with E-state index in [9.17, 15) is 9.18 Å². The van der Waals surface area contributed by atoms with Crippen molar-refractivity contribution in [3.63, 3.8) is 0 Å². The third-order valence-electron chi connectivity index (χ3n) is 2.85. The molecule has 0 spiro atoms. The van der Waals surface area contributed by atoms with Crippen LogP contribution in [0.3, 0.4) is 0 Å². The zero-order valence-corrected chi connectivity index (χ0v) is 11.6. The normalized spacial score (nSPS) is 11.4. The summed E-state index contributed by atoms with van der Waals surface area (Å²) in [6, 6.07) is 1.28. The monoisotopic (exact) mass is 274 g/mol. The maximum absolute atomic E-state index is 13.6. The fourth-order valence-electron chi connectivity index (χ4n) is 1.76. The van der Waals surface area contributed by atoms with Crippen LogP contribution in [0.5, 0.6) is 5.75 Å². The Labute approximate surface area is 111 Å². The van der Waals surface area contributed by atoms with Crippen LogP contribution in [0.25, 0.3) is 0 Å². The first-order valence-electron chi connectivity index (χ1n) is 5.45. The van der Waals surface area contributed by atoms with E-state index in [0.717, 1.165) is 0 Å². The smallest absolute Gasteiger partial charge is 0.309 e. The predicted molar refractivity (Wildman–Crippen MR) is 67.8 cm³/mol. The van der Waals surface area contributed by atoms with Gasteiger partial charge in [0.25, 0.3) is 0 Å². The van der Waals surface area contributed by atoms with Crippen molar-refractivity contribution >= 4 is 17.6 Å². The van der Waals surface area contributed by atoms with E-state index in [1.807, 2.05) is 0 Å². The predicted octanol–water partition coefficient (Wildman–Crippen LogP) is 3.45. The van der Waals surface area contributed by atoms with E-state index in [2.05, 4.69) is 0 Å². The summed E-state index contributed by atoms with van der Waals surface area (Å²) in [6.45, 7) is 4.81. The average Bonchev–Trinajstić information content (AvgIpc) is 2.25. The van der Waals surface area contributed by atoms with Crippen molar-refractivity contribution in [1.29, 1.82) is 0 Å². The van der Waals surface area contributed by atoms with E-state index in [-0.39, 0.29) is 11.4 Å².